The fourth-order valence-electron chi connectivity index (χ4n) is 3.06. The minimum Gasteiger partial charge on any atom is -0.352 e. The van der Waals surface area contributed by atoms with E-state index in [1.165, 1.54) is 23.1 Å². The van der Waals surface area contributed by atoms with Gasteiger partial charge in [0.05, 0.1) is 0 Å². The Hall–Kier alpha value is -2.70. The van der Waals surface area contributed by atoms with Crippen molar-refractivity contribution in [1.82, 2.24) is 20.4 Å². The predicted octanol–water partition coefficient (Wildman–Crippen LogP) is 2.06. The Kier molecular flexibility index (Phi) is 4.83. The van der Waals surface area contributed by atoms with Gasteiger partial charge in [-0.3, -0.25) is 14.7 Å². The van der Waals surface area contributed by atoms with Gasteiger partial charge in [0.1, 0.15) is 17.6 Å². The molecule has 2 N–H and O–H groups in total. The number of carbonyl (C=O) groups excluding carboxylic acids is 2. The van der Waals surface area contributed by atoms with Crippen molar-refractivity contribution in [3.05, 3.63) is 53.1 Å². The van der Waals surface area contributed by atoms with E-state index in [0.717, 1.165) is 12.1 Å². The molecule has 0 aliphatic carbocycles. The summed E-state index contributed by atoms with van der Waals surface area (Å²) in [6.45, 7) is 4.87. The molecule has 1 saturated heterocycles. The lowest BCUT2D eigenvalue weighted by Crippen LogP contribution is -2.52. The molecular weight excluding hydrogens is 323 g/mol. The summed E-state index contributed by atoms with van der Waals surface area (Å²) in [6.07, 6.45) is 0.786. The van der Waals surface area contributed by atoms with Crippen LogP contribution >= 0.6 is 0 Å². The van der Waals surface area contributed by atoms with E-state index >= 15 is 0 Å². The highest BCUT2D eigenvalue weighted by Crippen LogP contribution is 2.25. The highest BCUT2D eigenvalue weighted by molar-refractivity contribution is 5.97. The van der Waals surface area contributed by atoms with Crippen molar-refractivity contribution in [2.75, 3.05) is 13.1 Å². The summed E-state index contributed by atoms with van der Waals surface area (Å²) in [4.78, 5) is 26.7. The molecule has 0 unspecified atom stereocenters. The van der Waals surface area contributed by atoms with Crippen LogP contribution in [0.1, 0.15) is 41.6 Å². The first kappa shape index (κ1) is 17.1. The van der Waals surface area contributed by atoms with E-state index in [1.54, 1.807) is 12.1 Å². The molecule has 6 nitrogen and oxygen atoms in total. The summed E-state index contributed by atoms with van der Waals surface area (Å²) in [7, 11) is 0. The SMILES string of the molecule is CC(C)Cc1cc(C(=O)N2CCNC(=O)[C@@H]2c2cccc(F)c2)n[nH]1. The monoisotopic (exact) mass is 344 g/mol. The molecule has 1 aromatic carbocycles. The number of amides is 2. The normalized spacial score (nSPS) is 17.7. The number of H-pyrrole nitrogens is 1. The predicted molar refractivity (Wildman–Crippen MR) is 90.3 cm³/mol. The van der Waals surface area contributed by atoms with Gasteiger partial charge in [0.25, 0.3) is 5.91 Å². The zero-order chi connectivity index (χ0) is 18.0. The molecule has 2 aromatic rings. The molecule has 7 heteroatoms. The van der Waals surface area contributed by atoms with E-state index in [4.69, 9.17) is 0 Å². The van der Waals surface area contributed by atoms with Crippen molar-refractivity contribution in [2.24, 2.45) is 5.92 Å². The van der Waals surface area contributed by atoms with Crippen LogP contribution in [0.5, 0.6) is 0 Å². The van der Waals surface area contributed by atoms with E-state index in [1.807, 2.05) is 0 Å². The topological polar surface area (TPSA) is 78.1 Å². The number of nitrogens with zero attached hydrogens (tertiary/aromatic N) is 2. The summed E-state index contributed by atoms with van der Waals surface area (Å²) in [6, 6.07) is 6.63. The number of piperazine rings is 1. The quantitative estimate of drug-likeness (QED) is 0.891. The van der Waals surface area contributed by atoms with Gasteiger partial charge in [0.15, 0.2) is 0 Å². The van der Waals surface area contributed by atoms with Crippen LogP contribution in [0.3, 0.4) is 0 Å². The number of aromatic amines is 1. The number of aromatic nitrogens is 2. The van der Waals surface area contributed by atoms with Gasteiger partial charge in [0.2, 0.25) is 5.91 Å². The van der Waals surface area contributed by atoms with Gasteiger partial charge in [0, 0.05) is 18.8 Å². The van der Waals surface area contributed by atoms with Crippen molar-refractivity contribution < 1.29 is 14.0 Å². The lowest BCUT2D eigenvalue weighted by Gasteiger charge is -2.34. The second-order valence-electron chi connectivity index (χ2n) is 6.62. The smallest absolute Gasteiger partial charge is 0.275 e. The van der Waals surface area contributed by atoms with Gasteiger partial charge in [-0.05, 0) is 36.1 Å². The molecule has 0 radical (unpaired) electrons. The Bertz CT molecular complexity index is 787. The number of benzene rings is 1. The lowest BCUT2D eigenvalue weighted by molar-refractivity contribution is -0.128. The van der Waals surface area contributed by atoms with Crippen molar-refractivity contribution in [1.29, 1.82) is 0 Å². The van der Waals surface area contributed by atoms with Gasteiger partial charge in [-0.25, -0.2) is 4.39 Å². The molecule has 0 bridgehead atoms. The zero-order valence-electron chi connectivity index (χ0n) is 14.3. The van der Waals surface area contributed by atoms with E-state index in [-0.39, 0.29) is 17.5 Å². The molecule has 1 atom stereocenters. The fraction of sp³-hybridized carbons (Fsp3) is 0.389. The zero-order valence-corrected chi connectivity index (χ0v) is 14.3. The second kappa shape index (κ2) is 7.04. The maximum absolute atomic E-state index is 13.6. The molecule has 3 rings (SSSR count). The molecule has 1 aromatic heterocycles. The number of hydrogen-bond acceptors (Lipinski definition) is 3. The largest absolute Gasteiger partial charge is 0.352 e. The highest BCUT2D eigenvalue weighted by atomic mass is 19.1. The molecule has 0 spiro atoms. The van der Waals surface area contributed by atoms with Crippen molar-refractivity contribution in [3.63, 3.8) is 0 Å². The number of hydrogen-bond donors (Lipinski definition) is 2. The van der Waals surface area contributed by atoms with Crippen molar-refractivity contribution in [3.8, 4) is 0 Å². The Morgan fingerprint density at radius 2 is 2.20 bits per heavy atom. The average molecular weight is 344 g/mol. The van der Waals surface area contributed by atoms with Gasteiger partial charge in [-0.15, -0.1) is 0 Å². The average Bonchev–Trinajstić information content (AvgIpc) is 3.01. The van der Waals surface area contributed by atoms with Gasteiger partial charge in [-0.2, -0.15) is 5.10 Å². The molecule has 132 valence electrons. The molecular formula is C18H21FN4O2. The van der Waals surface area contributed by atoms with Crippen LogP contribution in [0.2, 0.25) is 0 Å². The summed E-state index contributed by atoms with van der Waals surface area (Å²) in [5, 5.41) is 9.70. The number of nitrogens with one attached hydrogen (secondary N) is 2. The standard InChI is InChI=1S/C18H21FN4O2/c1-11(2)8-14-10-15(22-21-14)18(25)23-7-6-20-17(24)16(23)12-4-3-5-13(19)9-12/h3-5,9-11,16H,6-8H2,1-2H3,(H,20,24)(H,21,22)/t16-/m0/s1. The van der Waals surface area contributed by atoms with Crippen LogP contribution in [-0.2, 0) is 11.2 Å². The number of halogens is 1. The van der Waals surface area contributed by atoms with E-state index in [0.29, 0.717) is 24.6 Å². The number of rotatable bonds is 4. The van der Waals surface area contributed by atoms with Crippen molar-refractivity contribution >= 4 is 11.8 Å². The third-order valence-electron chi connectivity index (χ3n) is 4.12. The Morgan fingerprint density at radius 1 is 1.40 bits per heavy atom. The third-order valence-corrected chi connectivity index (χ3v) is 4.12. The van der Waals surface area contributed by atoms with Crippen LogP contribution in [-0.4, -0.2) is 40.0 Å². The molecule has 25 heavy (non-hydrogen) atoms. The van der Waals surface area contributed by atoms with Crippen LogP contribution in [0.25, 0.3) is 0 Å². The van der Waals surface area contributed by atoms with E-state index < -0.39 is 11.9 Å². The molecule has 2 heterocycles. The van der Waals surface area contributed by atoms with Crippen LogP contribution in [0, 0.1) is 11.7 Å². The molecule has 0 saturated carbocycles. The third kappa shape index (κ3) is 3.70. The molecule has 1 aliphatic rings. The first-order chi connectivity index (χ1) is 12.0. The molecule has 1 fully saturated rings. The Morgan fingerprint density at radius 3 is 2.92 bits per heavy atom. The first-order valence-corrected chi connectivity index (χ1v) is 8.34. The summed E-state index contributed by atoms with van der Waals surface area (Å²) >= 11 is 0. The molecule has 2 amide bonds. The van der Waals surface area contributed by atoms with E-state index in [9.17, 15) is 14.0 Å². The van der Waals surface area contributed by atoms with Gasteiger partial charge >= 0.3 is 0 Å². The minimum atomic E-state index is -0.859. The fourth-order valence-corrected chi connectivity index (χ4v) is 3.06. The minimum absolute atomic E-state index is 0.270. The highest BCUT2D eigenvalue weighted by Gasteiger charge is 2.35. The maximum atomic E-state index is 13.6. The Labute approximate surface area is 145 Å². The Balaban J connectivity index is 1.88. The summed E-state index contributed by atoms with van der Waals surface area (Å²) < 4.78 is 13.6. The van der Waals surface area contributed by atoms with E-state index in [2.05, 4.69) is 29.4 Å². The van der Waals surface area contributed by atoms with Crippen LogP contribution in [0.4, 0.5) is 4.39 Å². The summed E-state index contributed by atoms with van der Waals surface area (Å²) in [5.74, 6) is -0.662. The van der Waals surface area contributed by atoms with Gasteiger partial charge in [-0.1, -0.05) is 26.0 Å². The summed E-state index contributed by atoms with van der Waals surface area (Å²) in [5.41, 5.74) is 1.59. The lowest BCUT2D eigenvalue weighted by atomic mass is 10.0. The second-order valence-corrected chi connectivity index (χ2v) is 6.62. The maximum Gasteiger partial charge on any atom is 0.275 e. The van der Waals surface area contributed by atoms with Crippen LogP contribution in [0.15, 0.2) is 30.3 Å². The van der Waals surface area contributed by atoms with Crippen molar-refractivity contribution in [2.45, 2.75) is 26.3 Å². The number of carbonyl (C=O) groups is 2. The molecule has 1 aliphatic heterocycles. The van der Waals surface area contributed by atoms with Gasteiger partial charge < -0.3 is 10.2 Å². The first-order valence-electron chi connectivity index (χ1n) is 8.34. The van der Waals surface area contributed by atoms with Crippen LogP contribution < -0.4 is 5.32 Å².